The zero-order valence-corrected chi connectivity index (χ0v) is 16.8. The maximum absolute atomic E-state index is 12.6. The number of carbonyl (C=O) groups is 1. The second-order valence-electron chi connectivity index (χ2n) is 6.47. The third kappa shape index (κ3) is 4.41. The van der Waals surface area contributed by atoms with Gasteiger partial charge >= 0.3 is 0 Å². The van der Waals surface area contributed by atoms with Crippen molar-refractivity contribution in [2.75, 3.05) is 17.7 Å². The Hall–Kier alpha value is -3.31. The first-order valence-electron chi connectivity index (χ1n) is 9.28. The van der Waals surface area contributed by atoms with Gasteiger partial charge in [-0.3, -0.25) is 4.79 Å². The number of rotatable bonds is 6. The molecule has 3 aromatic carbocycles. The zero-order valence-electron chi connectivity index (χ0n) is 16.0. The van der Waals surface area contributed by atoms with Crippen LogP contribution in [0.15, 0.2) is 101 Å². The normalized spacial score (nSPS) is 10.7. The van der Waals surface area contributed by atoms with Gasteiger partial charge in [0.25, 0.3) is 5.22 Å². The average molecular weight is 401 g/mol. The fourth-order valence-corrected chi connectivity index (χ4v) is 3.69. The molecule has 0 saturated carbocycles. The second-order valence-corrected chi connectivity index (χ2v) is 7.39. The van der Waals surface area contributed by atoms with Crippen LogP contribution >= 0.6 is 11.8 Å². The Morgan fingerprint density at radius 3 is 2.03 bits per heavy atom. The summed E-state index contributed by atoms with van der Waals surface area (Å²) in [6.45, 7) is 0. The summed E-state index contributed by atoms with van der Waals surface area (Å²) in [5, 5.41) is 0.484. The van der Waals surface area contributed by atoms with E-state index in [1.807, 2.05) is 91.0 Å². The number of nitrogens with zero attached hydrogens (tertiary/aromatic N) is 2. The van der Waals surface area contributed by atoms with Crippen molar-refractivity contribution >= 4 is 23.4 Å². The predicted octanol–water partition coefficient (Wildman–Crippen LogP) is 5.76. The van der Waals surface area contributed by atoms with Gasteiger partial charge in [0, 0.05) is 23.9 Å². The first kappa shape index (κ1) is 19.0. The molecule has 4 aromatic rings. The van der Waals surface area contributed by atoms with E-state index in [-0.39, 0.29) is 11.7 Å². The van der Waals surface area contributed by atoms with Gasteiger partial charge in [-0.2, -0.15) is 0 Å². The Kier molecular flexibility index (Phi) is 5.77. The maximum Gasteiger partial charge on any atom is 0.257 e. The van der Waals surface area contributed by atoms with Crippen LogP contribution in [0, 0.1) is 0 Å². The third-order valence-electron chi connectivity index (χ3n) is 4.53. The predicted molar refractivity (Wildman–Crippen MR) is 118 cm³/mol. The second kappa shape index (κ2) is 8.80. The number of thioether (sulfide) groups is 1. The maximum atomic E-state index is 12.6. The summed E-state index contributed by atoms with van der Waals surface area (Å²) in [5.74, 6) is 0.944. The minimum atomic E-state index is -0.0121. The molecule has 0 spiro atoms. The van der Waals surface area contributed by atoms with Crippen molar-refractivity contribution in [2.24, 2.45) is 0 Å². The number of benzene rings is 3. The van der Waals surface area contributed by atoms with Gasteiger partial charge < -0.3 is 9.32 Å². The Morgan fingerprint density at radius 2 is 1.41 bits per heavy atom. The molecule has 4 nitrogen and oxygen atoms in total. The Labute approximate surface area is 174 Å². The van der Waals surface area contributed by atoms with E-state index in [1.54, 1.807) is 11.9 Å². The first-order valence-corrected chi connectivity index (χ1v) is 10.3. The van der Waals surface area contributed by atoms with E-state index in [1.165, 1.54) is 11.8 Å². The highest BCUT2D eigenvalue weighted by Gasteiger charge is 2.19. The smallest absolute Gasteiger partial charge is 0.257 e. The topological polar surface area (TPSA) is 46.3 Å². The van der Waals surface area contributed by atoms with Gasteiger partial charge in [-0.05, 0) is 12.1 Å². The first-order chi connectivity index (χ1) is 14.2. The number of hydrogen-bond acceptors (Lipinski definition) is 4. The quantitative estimate of drug-likeness (QED) is 0.386. The number of aromatic nitrogens is 1. The molecule has 0 bridgehead atoms. The van der Waals surface area contributed by atoms with Crippen molar-refractivity contribution in [2.45, 2.75) is 5.22 Å². The van der Waals surface area contributed by atoms with Gasteiger partial charge in [0.15, 0.2) is 5.76 Å². The van der Waals surface area contributed by atoms with E-state index in [0.29, 0.717) is 11.0 Å². The number of carbonyl (C=O) groups excluding carboxylic acids is 1. The largest absolute Gasteiger partial charge is 0.431 e. The van der Waals surface area contributed by atoms with Crippen LogP contribution in [0.1, 0.15) is 0 Å². The molecule has 0 aliphatic carbocycles. The molecule has 5 heteroatoms. The molecule has 0 fully saturated rings. The number of amides is 1. The fourth-order valence-electron chi connectivity index (χ4n) is 2.95. The molecule has 0 atom stereocenters. The Morgan fingerprint density at radius 1 is 0.862 bits per heavy atom. The highest BCUT2D eigenvalue weighted by molar-refractivity contribution is 7.99. The van der Waals surface area contributed by atoms with Crippen molar-refractivity contribution in [3.05, 3.63) is 91.0 Å². The van der Waals surface area contributed by atoms with Crippen LogP contribution in [-0.4, -0.2) is 23.7 Å². The molecule has 144 valence electrons. The van der Waals surface area contributed by atoms with Crippen LogP contribution in [0.2, 0.25) is 0 Å². The van der Waals surface area contributed by atoms with Crippen LogP contribution in [0.5, 0.6) is 0 Å². The van der Waals surface area contributed by atoms with Crippen LogP contribution in [0.25, 0.3) is 22.6 Å². The molecule has 0 unspecified atom stereocenters. The van der Waals surface area contributed by atoms with Gasteiger partial charge in [0.2, 0.25) is 5.91 Å². The minimum absolute atomic E-state index is 0.0121. The zero-order chi connectivity index (χ0) is 20.1. The number of anilines is 1. The van der Waals surface area contributed by atoms with E-state index in [4.69, 9.17) is 4.42 Å². The number of hydrogen-bond donors (Lipinski definition) is 0. The van der Waals surface area contributed by atoms with Gasteiger partial charge in [0.1, 0.15) is 5.69 Å². The summed E-state index contributed by atoms with van der Waals surface area (Å²) in [4.78, 5) is 18.9. The van der Waals surface area contributed by atoms with Crippen LogP contribution in [-0.2, 0) is 4.79 Å². The summed E-state index contributed by atoms with van der Waals surface area (Å²) in [7, 11) is 1.78. The average Bonchev–Trinajstić information content (AvgIpc) is 3.23. The molecule has 0 saturated heterocycles. The summed E-state index contributed by atoms with van der Waals surface area (Å²) in [5.41, 5.74) is 3.58. The summed E-state index contributed by atoms with van der Waals surface area (Å²) >= 11 is 1.31. The van der Waals surface area contributed by atoms with E-state index < -0.39 is 0 Å². The number of para-hydroxylation sites is 1. The molecule has 0 aliphatic heterocycles. The SMILES string of the molecule is CN(C(=O)CSc1nc(-c2ccccc2)c(-c2ccccc2)o1)c1ccccc1. The van der Waals surface area contributed by atoms with E-state index in [2.05, 4.69) is 4.98 Å². The van der Waals surface area contributed by atoms with Gasteiger partial charge in [-0.1, -0.05) is 90.6 Å². The van der Waals surface area contributed by atoms with Crippen molar-refractivity contribution < 1.29 is 9.21 Å². The van der Waals surface area contributed by atoms with Crippen molar-refractivity contribution in [3.8, 4) is 22.6 Å². The summed E-state index contributed by atoms with van der Waals surface area (Å²) in [6.07, 6.45) is 0. The molecule has 0 N–H and O–H groups in total. The van der Waals surface area contributed by atoms with Crippen LogP contribution in [0.4, 0.5) is 5.69 Å². The highest BCUT2D eigenvalue weighted by Crippen LogP contribution is 2.35. The molecular formula is C24H20N2O2S. The lowest BCUT2D eigenvalue weighted by Gasteiger charge is -2.16. The lowest BCUT2D eigenvalue weighted by Crippen LogP contribution is -2.27. The Balaban J connectivity index is 1.57. The minimum Gasteiger partial charge on any atom is -0.431 e. The van der Waals surface area contributed by atoms with Crippen LogP contribution in [0.3, 0.4) is 0 Å². The lowest BCUT2D eigenvalue weighted by atomic mass is 10.1. The van der Waals surface area contributed by atoms with Gasteiger partial charge in [-0.15, -0.1) is 0 Å². The van der Waals surface area contributed by atoms with E-state index in [0.717, 1.165) is 22.5 Å². The highest BCUT2D eigenvalue weighted by atomic mass is 32.2. The van der Waals surface area contributed by atoms with E-state index in [9.17, 15) is 4.79 Å². The van der Waals surface area contributed by atoms with Crippen LogP contribution < -0.4 is 4.90 Å². The number of oxazole rings is 1. The van der Waals surface area contributed by atoms with Crippen molar-refractivity contribution in [1.82, 2.24) is 4.98 Å². The van der Waals surface area contributed by atoms with Gasteiger partial charge in [-0.25, -0.2) is 4.98 Å². The lowest BCUT2D eigenvalue weighted by molar-refractivity contribution is -0.115. The molecule has 29 heavy (non-hydrogen) atoms. The summed E-state index contributed by atoms with van der Waals surface area (Å²) < 4.78 is 6.07. The molecule has 1 heterocycles. The fraction of sp³-hybridized carbons (Fsp3) is 0.0833. The van der Waals surface area contributed by atoms with Crippen molar-refractivity contribution in [3.63, 3.8) is 0 Å². The molecule has 1 aromatic heterocycles. The molecule has 0 aliphatic rings. The monoisotopic (exact) mass is 400 g/mol. The molecule has 4 rings (SSSR count). The molecule has 0 radical (unpaired) electrons. The molecular weight excluding hydrogens is 380 g/mol. The van der Waals surface area contributed by atoms with Crippen molar-refractivity contribution in [1.29, 1.82) is 0 Å². The molecule has 1 amide bonds. The standard InChI is InChI=1S/C24H20N2O2S/c1-26(20-15-9-4-10-16-20)21(27)17-29-24-25-22(18-11-5-2-6-12-18)23(28-24)19-13-7-3-8-14-19/h2-16H,17H2,1H3. The third-order valence-corrected chi connectivity index (χ3v) is 5.34. The van der Waals surface area contributed by atoms with Gasteiger partial charge in [0.05, 0.1) is 5.75 Å². The summed E-state index contributed by atoms with van der Waals surface area (Å²) in [6, 6.07) is 29.4. The van der Waals surface area contributed by atoms with E-state index >= 15 is 0 Å². The Bertz CT molecular complexity index is 1020.